The molecule has 10 heteroatoms. The van der Waals surface area contributed by atoms with Crippen molar-refractivity contribution in [3.8, 4) is 0 Å². The van der Waals surface area contributed by atoms with Crippen molar-refractivity contribution in [2.24, 2.45) is 0 Å². The summed E-state index contributed by atoms with van der Waals surface area (Å²) in [4.78, 5) is 41.7. The topological polar surface area (TPSA) is 111 Å². The van der Waals surface area contributed by atoms with Crippen LogP contribution in [0.25, 0.3) is 0 Å². The summed E-state index contributed by atoms with van der Waals surface area (Å²) in [7, 11) is 0. The third-order valence-electron chi connectivity index (χ3n) is 7.44. The summed E-state index contributed by atoms with van der Waals surface area (Å²) in [5.74, 6) is -0.638. The van der Waals surface area contributed by atoms with Gasteiger partial charge in [-0.3, -0.25) is 9.59 Å². The summed E-state index contributed by atoms with van der Waals surface area (Å²) in [6.07, 6.45) is -1.34. The van der Waals surface area contributed by atoms with Crippen molar-refractivity contribution >= 4 is 45.5 Å². The first kappa shape index (κ1) is 31.6. The average Bonchev–Trinajstić information content (AvgIpc) is 3.30. The number of hydrogen-bond acceptors (Lipinski definition) is 5. The van der Waals surface area contributed by atoms with Gasteiger partial charge in [0.25, 0.3) is 5.91 Å². The zero-order valence-electron chi connectivity index (χ0n) is 24.0. The Kier molecular flexibility index (Phi) is 10.7. The fraction of sp³-hybridized carbons (Fsp3) is 0.344. The van der Waals surface area contributed by atoms with Gasteiger partial charge in [-0.15, -0.1) is 11.8 Å². The first-order valence-electron chi connectivity index (χ1n) is 13.8. The smallest absolute Gasteiger partial charge is 0.315 e. The minimum Gasteiger partial charge on any atom is -0.381 e. The Bertz CT molecular complexity index is 1400. The second kappa shape index (κ2) is 14.2. The molecule has 222 valence electrons. The van der Waals surface area contributed by atoms with Gasteiger partial charge >= 0.3 is 6.03 Å². The first-order valence-corrected chi connectivity index (χ1v) is 15.6. The van der Waals surface area contributed by atoms with E-state index in [2.05, 4.69) is 31.9 Å². The number of carbonyl (C=O) groups is 3. The molecular formula is C32H37BrN4O4S. The predicted octanol–water partition coefficient (Wildman–Crippen LogP) is 4.53. The molecule has 0 aliphatic carbocycles. The number of benzene rings is 3. The third-order valence-corrected chi connectivity index (χ3v) is 9.59. The summed E-state index contributed by atoms with van der Waals surface area (Å²) < 4.78 is 0.288. The van der Waals surface area contributed by atoms with E-state index in [1.54, 1.807) is 0 Å². The predicted molar refractivity (Wildman–Crippen MR) is 170 cm³/mol. The maximum Gasteiger partial charge on any atom is 0.315 e. The van der Waals surface area contributed by atoms with Gasteiger partial charge in [0.2, 0.25) is 5.91 Å². The number of hydrogen-bond donors (Lipinski definition) is 4. The van der Waals surface area contributed by atoms with Crippen molar-refractivity contribution in [2.75, 3.05) is 5.88 Å². The Hall–Kier alpha value is -3.34. The maximum absolute atomic E-state index is 13.8. The monoisotopic (exact) mass is 652 g/mol. The van der Waals surface area contributed by atoms with Crippen LogP contribution in [0.4, 0.5) is 4.79 Å². The average molecular weight is 654 g/mol. The van der Waals surface area contributed by atoms with Crippen LogP contribution in [0.15, 0.2) is 83.3 Å². The van der Waals surface area contributed by atoms with Crippen molar-refractivity contribution in [3.05, 3.63) is 106 Å². The summed E-state index contributed by atoms with van der Waals surface area (Å²) in [5, 5.41) is 20.0. The molecule has 0 saturated carbocycles. The zero-order valence-corrected chi connectivity index (χ0v) is 26.4. The van der Waals surface area contributed by atoms with Gasteiger partial charge in [0.05, 0.1) is 11.9 Å². The molecule has 4 N–H and O–H groups in total. The third kappa shape index (κ3) is 7.93. The molecule has 1 fully saturated rings. The van der Waals surface area contributed by atoms with Gasteiger partial charge in [-0.05, 0) is 55.5 Å². The number of urea groups is 1. The molecule has 0 aromatic heterocycles. The molecule has 1 aliphatic heterocycles. The van der Waals surface area contributed by atoms with Crippen molar-refractivity contribution < 1.29 is 19.5 Å². The number of carbonyl (C=O) groups excluding carboxylic acids is 3. The Morgan fingerprint density at radius 1 is 0.952 bits per heavy atom. The molecule has 3 aromatic rings. The number of aryl methyl sites for hydroxylation is 1. The van der Waals surface area contributed by atoms with E-state index in [1.807, 2.05) is 99.6 Å². The molecule has 8 nitrogen and oxygen atoms in total. The highest BCUT2D eigenvalue weighted by atomic mass is 79.9. The van der Waals surface area contributed by atoms with Crippen LogP contribution in [0.2, 0.25) is 0 Å². The molecule has 0 radical (unpaired) electrons. The number of rotatable bonds is 10. The van der Waals surface area contributed by atoms with E-state index in [4.69, 9.17) is 0 Å². The second-order valence-corrected chi connectivity index (χ2v) is 13.3. The molecule has 3 atom stereocenters. The van der Waals surface area contributed by atoms with E-state index in [0.717, 1.165) is 26.7 Å². The number of halogens is 1. The first-order chi connectivity index (χ1) is 20.1. The second-order valence-electron chi connectivity index (χ2n) is 10.9. The lowest BCUT2D eigenvalue weighted by Gasteiger charge is -2.33. The minimum absolute atomic E-state index is 0.227. The Morgan fingerprint density at radius 2 is 1.57 bits per heavy atom. The number of nitrogens with zero attached hydrogens (tertiary/aromatic N) is 1. The van der Waals surface area contributed by atoms with Gasteiger partial charge in [-0.2, -0.15) is 0 Å². The van der Waals surface area contributed by atoms with Crippen LogP contribution in [0, 0.1) is 6.92 Å². The van der Waals surface area contributed by atoms with Gasteiger partial charge in [0.15, 0.2) is 6.10 Å². The van der Waals surface area contributed by atoms with Gasteiger partial charge < -0.3 is 26.0 Å². The van der Waals surface area contributed by atoms with Crippen LogP contribution in [0.3, 0.4) is 0 Å². The van der Waals surface area contributed by atoms with Gasteiger partial charge in [-0.1, -0.05) is 88.7 Å². The van der Waals surface area contributed by atoms with Crippen LogP contribution in [-0.2, 0) is 29.1 Å². The summed E-state index contributed by atoms with van der Waals surface area (Å²) >= 11 is 4.96. The van der Waals surface area contributed by atoms with E-state index in [-0.39, 0.29) is 24.7 Å². The molecule has 1 heterocycles. The summed E-state index contributed by atoms with van der Waals surface area (Å²) in [6, 6.07) is 22.5. The quantitative estimate of drug-likeness (QED) is 0.257. The van der Waals surface area contributed by atoms with Crippen LogP contribution in [0.1, 0.15) is 36.1 Å². The Morgan fingerprint density at radius 3 is 2.26 bits per heavy atom. The van der Waals surface area contributed by atoms with Gasteiger partial charge in [0.1, 0.15) is 6.04 Å². The molecule has 4 rings (SSSR count). The van der Waals surface area contributed by atoms with E-state index < -0.39 is 34.9 Å². The number of aliphatic hydroxyl groups is 1. The molecule has 3 unspecified atom stereocenters. The standard InChI is InChI=1S/C32H37BrN4O4S/c1-21-11-7-8-14-23(21)18-34-29(39)28-32(2,3)42-20-37(28)30(40)27(38)26(17-22-12-5-4-6-13-22)36-31(41)35-19-24-15-9-10-16-25(24)33/h4-16,26-28,38H,17-20H2,1-3H3,(H,34,39)(H2,35,36,41). The molecule has 1 saturated heterocycles. The fourth-order valence-electron chi connectivity index (χ4n) is 4.99. The molecular weight excluding hydrogens is 616 g/mol. The summed E-state index contributed by atoms with van der Waals surface area (Å²) in [6.45, 7) is 6.42. The highest BCUT2D eigenvalue weighted by Gasteiger charge is 2.49. The van der Waals surface area contributed by atoms with Crippen LogP contribution in [-0.4, -0.2) is 56.7 Å². The normalized spacial score (nSPS) is 17.3. The maximum atomic E-state index is 13.8. The number of aliphatic hydroxyl groups excluding tert-OH is 1. The molecule has 42 heavy (non-hydrogen) atoms. The number of nitrogens with one attached hydrogen (secondary N) is 3. The zero-order chi connectivity index (χ0) is 30.3. The van der Waals surface area contributed by atoms with Crippen molar-refractivity contribution in [1.82, 2.24) is 20.9 Å². The van der Waals surface area contributed by atoms with Crippen LogP contribution in [0.5, 0.6) is 0 Å². The van der Waals surface area contributed by atoms with Crippen molar-refractivity contribution in [2.45, 2.75) is 63.2 Å². The highest BCUT2D eigenvalue weighted by molar-refractivity contribution is 9.10. The lowest BCUT2D eigenvalue weighted by molar-refractivity contribution is -0.147. The molecule has 4 amide bonds. The van der Waals surface area contributed by atoms with E-state index >= 15 is 0 Å². The molecule has 3 aromatic carbocycles. The Labute approximate surface area is 259 Å². The largest absolute Gasteiger partial charge is 0.381 e. The number of thioether (sulfide) groups is 1. The van der Waals surface area contributed by atoms with Gasteiger partial charge in [-0.25, -0.2) is 4.79 Å². The van der Waals surface area contributed by atoms with E-state index in [9.17, 15) is 19.5 Å². The van der Waals surface area contributed by atoms with Gasteiger partial charge in [0, 0.05) is 22.3 Å². The Balaban J connectivity index is 1.48. The lowest BCUT2D eigenvalue weighted by Crippen LogP contribution is -2.59. The molecule has 1 aliphatic rings. The fourth-order valence-corrected chi connectivity index (χ4v) is 6.55. The van der Waals surface area contributed by atoms with E-state index in [0.29, 0.717) is 6.54 Å². The molecule has 0 bridgehead atoms. The minimum atomic E-state index is -1.57. The van der Waals surface area contributed by atoms with Crippen LogP contribution >= 0.6 is 27.7 Å². The van der Waals surface area contributed by atoms with Crippen molar-refractivity contribution in [3.63, 3.8) is 0 Å². The van der Waals surface area contributed by atoms with Crippen molar-refractivity contribution in [1.29, 1.82) is 0 Å². The van der Waals surface area contributed by atoms with E-state index in [1.165, 1.54) is 16.7 Å². The number of amides is 4. The lowest BCUT2D eigenvalue weighted by atomic mass is 9.97. The SMILES string of the molecule is Cc1ccccc1CNC(=O)C1N(C(=O)C(O)C(Cc2ccccc2)NC(=O)NCc2ccccc2Br)CSC1(C)C. The molecule has 0 spiro atoms. The highest BCUT2D eigenvalue weighted by Crippen LogP contribution is 2.40. The van der Waals surface area contributed by atoms with Crippen LogP contribution < -0.4 is 16.0 Å². The summed E-state index contributed by atoms with van der Waals surface area (Å²) in [5.41, 5.74) is 3.80.